The molecule has 0 spiro atoms. The largest absolute Gasteiger partial charge is 0.481 e. The average Bonchev–Trinajstić information content (AvgIpc) is 3.09. The van der Waals surface area contributed by atoms with E-state index in [4.69, 9.17) is 0 Å². The fourth-order valence-corrected chi connectivity index (χ4v) is 4.87. The number of thioether (sulfide) groups is 1. The minimum absolute atomic E-state index is 0.684. The van der Waals surface area contributed by atoms with Crippen molar-refractivity contribution in [3.05, 3.63) is 77.9 Å². The SMILES string of the molecule is O=C(O)C1c2ccccc2Nc2cccc(N3CSc4ccccc43)c21. The van der Waals surface area contributed by atoms with Gasteiger partial charge in [-0.3, -0.25) is 4.79 Å². The number of carboxylic acids is 1. The highest BCUT2D eigenvalue weighted by atomic mass is 32.2. The molecule has 0 aliphatic carbocycles. The zero-order valence-corrected chi connectivity index (χ0v) is 14.7. The van der Waals surface area contributed by atoms with Crippen LogP contribution in [-0.4, -0.2) is 17.0 Å². The van der Waals surface area contributed by atoms with Crippen LogP contribution in [0.4, 0.5) is 22.7 Å². The number of aliphatic carboxylic acids is 1. The Kier molecular flexibility index (Phi) is 3.43. The molecular weight excluding hydrogens is 344 g/mol. The molecule has 0 bridgehead atoms. The lowest BCUT2D eigenvalue weighted by molar-refractivity contribution is -0.137. The Morgan fingerprint density at radius 1 is 0.962 bits per heavy atom. The van der Waals surface area contributed by atoms with E-state index in [0.717, 1.165) is 39.8 Å². The van der Waals surface area contributed by atoms with Crippen molar-refractivity contribution >= 4 is 40.5 Å². The molecule has 2 aliphatic heterocycles. The first-order valence-corrected chi connectivity index (χ1v) is 9.43. The van der Waals surface area contributed by atoms with E-state index in [9.17, 15) is 9.90 Å². The quantitative estimate of drug-likeness (QED) is 0.661. The van der Waals surface area contributed by atoms with E-state index in [-0.39, 0.29) is 0 Å². The first-order valence-electron chi connectivity index (χ1n) is 8.45. The summed E-state index contributed by atoms with van der Waals surface area (Å²) in [4.78, 5) is 15.7. The molecule has 5 rings (SSSR count). The van der Waals surface area contributed by atoms with E-state index < -0.39 is 11.9 Å². The van der Waals surface area contributed by atoms with Crippen molar-refractivity contribution in [3.8, 4) is 0 Å². The number of para-hydroxylation sites is 2. The fourth-order valence-electron chi connectivity index (χ4n) is 3.83. The predicted molar refractivity (Wildman–Crippen MR) is 105 cm³/mol. The van der Waals surface area contributed by atoms with Gasteiger partial charge in [0.25, 0.3) is 0 Å². The molecule has 2 heterocycles. The summed E-state index contributed by atoms with van der Waals surface area (Å²) in [5.74, 6) is -0.728. The number of carbonyl (C=O) groups is 1. The normalized spacial score (nSPS) is 17.1. The van der Waals surface area contributed by atoms with Crippen LogP contribution in [0, 0.1) is 0 Å². The van der Waals surface area contributed by atoms with Crippen LogP contribution in [0.5, 0.6) is 0 Å². The first-order chi connectivity index (χ1) is 12.7. The van der Waals surface area contributed by atoms with Crippen molar-refractivity contribution in [2.75, 3.05) is 16.1 Å². The highest BCUT2D eigenvalue weighted by molar-refractivity contribution is 7.99. The maximum Gasteiger partial charge on any atom is 0.315 e. The van der Waals surface area contributed by atoms with E-state index in [1.54, 1.807) is 11.8 Å². The van der Waals surface area contributed by atoms with Crippen LogP contribution in [0.15, 0.2) is 71.6 Å². The number of benzene rings is 3. The van der Waals surface area contributed by atoms with Crippen molar-refractivity contribution in [2.45, 2.75) is 10.8 Å². The highest BCUT2D eigenvalue weighted by Crippen LogP contribution is 2.50. The summed E-state index contributed by atoms with van der Waals surface area (Å²) in [6, 6.07) is 21.9. The molecule has 1 unspecified atom stereocenters. The molecule has 0 amide bonds. The third-order valence-corrected chi connectivity index (χ3v) is 6.00. The van der Waals surface area contributed by atoms with Crippen molar-refractivity contribution in [3.63, 3.8) is 0 Å². The summed E-state index contributed by atoms with van der Waals surface area (Å²) in [5.41, 5.74) is 5.45. The second kappa shape index (κ2) is 5.81. The number of nitrogens with one attached hydrogen (secondary N) is 1. The van der Waals surface area contributed by atoms with Gasteiger partial charge in [-0.25, -0.2) is 0 Å². The second-order valence-corrected chi connectivity index (χ2v) is 7.38. The standard InChI is InChI=1S/C21H16N2O2S/c24-21(25)19-13-6-1-2-7-14(13)22-15-8-5-10-17(20(15)19)23-12-26-18-11-4-3-9-16(18)23/h1-11,19,22H,12H2,(H,24,25). The summed E-state index contributed by atoms with van der Waals surface area (Å²) < 4.78 is 0. The minimum Gasteiger partial charge on any atom is -0.481 e. The van der Waals surface area contributed by atoms with Crippen LogP contribution in [0.25, 0.3) is 0 Å². The topological polar surface area (TPSA) is 52.6 Å². The molecule has 3 aromatic rings. The van der Waals surface area contributed by atoms with Crippen LogP contribution < -0.4 is 10.2 Å². The third-order valence-electron chi connectivity index (χ3n) is 4.96. The number of carboxylic acid groups (broad SMARTS) is 1. The zero-order chi connectivity index (χ0) is 17.7. The van der Waals surface area contributed by atoms with Gasteiger partial charge in [0.15, 0.2) is 0 Å². The smallest absolute Gasteiger partial charge is 0.315 e. The molecule has 3 aromatic carbocycles. The molecule has 5 heteroatoms. The Labute approximate surface area is 155 Å². The Balaban J connectivity index is 1.72. The molecule has 1 atom stereocenters. The average molecular weight is 360 g/mol. The molecule has 0 fully saturated rings. The maximum absolute atomic E-state index is 12.2. The molecule has 2 N–H and O–H groups in total. The monoisotopic (exact) mass is 360 g/mol. The van der Waals surface area contributed by atoms with E-state index >= 15 is 0 Å². The van der Waals surface area contributed by atoms with Crippen molar-refractivity contribution in [1.82, 2.24) is 0 Å². The van der Waals surface area contributed by atoms with Gasteiger partial charge in [0, 0.05) is 27.5 Å². The lowest BCUT2D eigenvalue weighted by Crippen LogP contribution is -2.24. The van der Waals surface area contributed by atoms with Gasteiger partial charge in [0.1, 0.15) is 5.92 Å². The number of hydrogen-bond acceptors (Lipinski definition) is 4. The fraction of sp³-hybridized carbons (Fsp3) is 0.0952. The molecule has 2 aliphatic rings. The van der Waals surface area contributed by atoms with Gasteiger partial charge in [-0.05, 0) is 35.9 Å². The van der Waals surface area contributed by atoms with Gasteiger partial charge in [-0.2, -0.15) is 0 Å². The van der Waals surface area contributed by atoms with Crippen LogP contribution in [0.3, 0.4) is 0 Å². The molecule has 4 nitrogen and oxygen atoms in total. The van der Waals surface area contributed by atoms with Crippen LogP contribution in [0.2, 0.25) is 0 Å². The molecule has 128 valence electrons. The highest BCUT2D eigenvalue weighted by Gasteiger charge is 2.35. The van der Waals surface area contributed by atoms with Crippen molar-refractivity contribution in [2.24, 2.45) is 0 Å². The van der Waals surface area contributed by atoms with Gasteiger partial charge in [0.2, 0.25) is 0 Å². The minimum atomic E-state index is -0.826. The molecular formula is C21H16N2O2S. The Morgan fingerprint density at radius 3 is 2.58 bits per heavy atom. The lowest BCUT2D eigenvalue weighted by atomic mass is 9.84. The Hall–Kier alpha value is -2.92. The number of fused-ring (bicyclic) bond motifs is 3. The molecule has 26 heavy (non-hydrogen) atoms. The lowest BCUT2D eigenvalue weighted by Gasteiger charge is -2.32. The summed E-state index contributed by atoms with van der Waals surface area (Å²) in [7, 11) is 0. The van der Waals surface area contributed by atoms with Crippen LogP contribution >= 0.6 is 11.8 Å². The molecule has 0 saturated heterocycles. The van der Waals surface area contributed by atoms with E-state index in [0.29, 0.717) is 0 Å². The van der Waals surface area contributed by atoms with Crippen LogP contribution in [0.1, 0.15) is 17.0 Å². The molecule has 0 aromatic heterocycles. The number of nitrogens with zero attached hydrogens (tertiary/aromatic N) is 1. The van der Waals surface area contributed by atoms with Gasteiger partial charge >= 0.3 is 5.97 Å². The summed E-state index contributed by atoms with van der Waals surface area (Å²) in [6.07, 6.45) is 0. The molecule has 0 radical (unpaired) electrons. The van der Waals surface area contributed by atoms with Crippen LogP contribution in [-0.2, 0) is 4.79 Å². The van der Waals surface area contributed by atoms with Gasteiger partial charge < -0.3 is 15.3 Å². The van der Waals surface area contributed by atoms with Crippen molar-refractivity contribution in [1.29, 1.82) is 0 Å². The van der Waals surface area contributed by atoms with Gasteiger partial charge in [-0.15, -0.1) is 11.8 Å². The third kappa shape index (κ3) is 2.21. The maximum atomic E-state index is 12.2. The predicted octanol–water partition coefficient (Wildman–Crippen LogP) is 5.16. The second-order valence-electron chi connectivity index (χ2n) is 6.39. The van der Waals surface area contributed by atoms with E-state index in [1.807, 2.05) is 54.6 Å². The van der Waals surface area contributed by atoms with Crippen molar-refractivity contribution < 1.29 is 9.90 Å². The first kappa shape index (κ1) is 15.3. The van der Waals surface area contributed by atoms with E-state index in [1.165, 1.54) is 4.90 Å². The van der Waals surface area contributed by atoms with Gasteiger partial charge in [-0.1, -0.05) is 36.4 Å². The van der Waals surface area contributed by atoms with Gasteiger partial charge in [0.05, 0.1) is 11.6 Å². The zero-order valence-electron chi connectivity index (χ0n) is 13.8. The summed E-state index contributed by atoms with van der Waals surface area (Å²) >= 11 is 1.77. The number of rotatable bonds is 2. The molecule has 0 saturated carbocycles. The Morgan fingerprint density at radius 2 is 1.69 bits per heavy atom. The Bertz CT molecular complexity index is 1030. The summed E-state index contributed by atoms with van der Waals surface area (Å²) in [6.45, 7) is 0. The summed E-state index contributed by atoms with van der Waals surface area (Å²) in [5, 5.41) is 13.5. The van der Waals surface area contributed by atoms with E-state index in [2.05, 4.69) is 22.3 Å². The number of hydrogen-bond donors (Lipinski definition) is 2. The number of anilines is 4.